The van der Waals surface area contributed by atoms with Gasteiger partial charge in [-0.1, -0.05) is 12.1 Å². The molecule has 0 aliphatic heterocycles. The monoisotopic (exact) mass is 289 g/mol. The predicted molar refractivity (Wildman–Crippen MR) is 78.1 cm³/mol. The maximum atomic E-state index is 13.3. The maximum Gasteiger partial charge on any atom is 0.339 e. The van der Waals surface area contributed by atoms with E-state index in [4.69, 9.17) is 4.74 Å². The Morgan fingerprint density at radius 3 is 2.71 bits per heavy atom. The molecule has 0 radical (unpaired) electrons. The summed E-state index contributed by atoms with van der Waals surface area (Å²) >= 11 is 0. The third-order valence-electron chi connectivity index (χ3n) is 3.00. The fourth-order valence-corrected chi connectivity index (χ4v) is 1.93. The molecule has 2 aromatic rings. The van der Waals surface area contributed by atoms with Crippen LogP contribution in [0.15, 0.2) is 42.5 Å². The van der Waals surface area contributed by atoms with Crippen molar-refractivity contribution in [3.63, 3.8) is 0 Å². The zero-order valence-corrected chi connectivity index (χ0v) is 11.9. The summed E-state index contributed by atoms with van der Waals surface area (Å²) in [6.07, 6.45) is 0. The van der Waals surface area contributed by atoms with Crippen molar-refractivity contribution < 1.29 is 18.7 Å². The topological polar surface area (TPSA) is 47.6 Å². The number of esters is 1. The molecule has 0 saturated carbocycles. The number of rotatable bonds is 5. The fourth-order valence-electron chi connectivity index (χ4n) is 1.93. The lowest BCUT2D eigenvalue weighted by Gasteiger charge is -2.11. The van der Waals surface area contributed by atoms with Crippen molar-refractivity contribution in [2.75, 3.05) is 19.5 Å². The number of carbonyl (C=O) groups excluding carboxylic acids is 1. The quantitative estimate of drug-likeness (QED) is 0.858. The highest BCUT2D eigenvalue weighted by Crippen LogP contribution is 2.20. The SMILES string of the molecule is COC(=O)c1ccc(F)cc1NCc1cccc(OC)c1. The third kappa shape index (κ3) is 3.72. The van der Waals surface area contributed by atoms with Crippen LogP contribution in [0.25, 0.3) is 0 Å². The molecule has 0 fully saturated rings. The number of halogens is 1. The molecule has 21 heavy (non-hydrogen) atoms. The van der Waals surface area contributed by atoms with Crippen LogP contribution in [0.4, 0.5) is 10.1 Å². The zero-order valence-electron chi connectivity index (χ0n) is 11.9. The average molecular weight is 289 g/mol. The van der Waals surface area contributed by atoms with Crippen LogP contribution in [0.2, 0.25) is 0 Å². The number of methoxy groups -OCH3 is 2. The van der Waals surface area contributed by atoms with Gasteiger partial charge >= 0.3 is 5.97 Å². The van der Waals surface area contributed by atoms with Gasteiger partial charge in [-0.15, -0.1) is 0 Å². The molecule has 110 valence electrons. The van der Waals surface area contributed by atoms with Crippen LogP contribution in [0.1, 0.15) is 15.9 Å². The van der Waals surface area contributed by atoms with Crippen molar-refractivity contribution in [1.82, 2.24) is 0 Å². The summed E-state index contributed by atoms with van der Waals surface area (Å²) in [5, 5.41) is 3.04. The Balaban J connectivity index is 2.18. The minimum atomic E-state index is -0.511. The largest absolute Gasteiger partial charge is 0.497 e. The van der Waals surface area contributed by atoms with Gasteiger partial charge in [0.2, 0.25) is 0 Å². The molecule has 0 amide bonds. The molecule has 0 unspecified atom stereocenters. The Morgan fingerprint density at radius 2 is 2.00 bits per heavy atom. The van der Waals surface area contributed by atoms with E-state index in [-0.39, 0.29) is 0 Å². The van der Waals surface area contributed by atoms with Crippen LogP contribution < -0.4 is 10.1 Å². The van der Waals surface area contributed by atoms with Gasteiger partial charge in [0.15, 0.2) is 0 Å². The summed E-state index contributed by atoms with van der Waals surface area (Å²) in [6, 6.07) is 11.4. The lowest BCUT2D eigenvalue weighted by molar-refractivity contribution is 0.0602. The Hall–Kier alpha value is -2.56. The van der Waals surface area contributed by atoms with Crippen molar-refractivity contribution in [2.45, 2.75) is 6.54 Å². The van der Waals surface area contributed by atoms with Gasteiger partial charge in [-0.25, -0.2) is 9.18 Å². The van der Waals surface area contributed by atoms with Gasteiger partial charge in [0.25, 0.3) is 0 Å². The van der Waals surface area contributed by atoms with Crippen molar-refractivity contribution >= 4 is 11.7 Å². The van der Waals surface area contributed by atoms with Crippen LogP contribution >= 0.6 is 0 Å². The Kier molecular flexibility index (Phi) is 4.77. The molecule has 0 heterocycles. The van der Waals surface area contributed by atoms with Gasteiger partial charge in [-0.2, -0.15) is 0 Å². The van der Waals surface area contributed by atoms with E-state index in [0.29, 0.717) is 17.8 Å². The van der Waals surface area contributed by atoms with Gasteiger partial charge in [0, 0.05) is 6.54 Å². The van der Waals surface area contributed by atoms with E-state index in [9.17, 15) is 9.18 Å². The van der Waals surface area contributed by atoms with Crippen LogP contribution in [0.5, 0.6) is 5.75 Å². The molecule has 0 aliphatic rings. The van der Waals surface area contributed by atoms with E-state index in [2.05, 4.69) is 10.1 Å². The van der Waals surface area contributed by atoms with Crippen molar-refractivity contribution in [3.05, 3.63) is 59.4 Å². The number of benzene rings is 2. The molecule has 0 atom stereocenters. The maximum absolute atomic E-state index is 13.3. The molecule has 1 N–H and O–H groups in total. The first-order valence-corrected chi connectivity index (χ1v) is 6.38. The number of anilines is 1. The van der Waals surface area contributed by atoms with E-state index >= 15 is 0 Å². The molecular formula is C16H16FNO3. The molecule has 0 saturated heterocycles. The smallest absolute Gasteiger partial charge is 0.339 e. The average Bonchev–Trinajstić information content (AvgIpc) is 2.52. The van der Waals surface area contributed by atoms with Crippen molar-refractivity contribution in [3.8, 4) is 5.75 Å². The van der Waals surface area contributed by atoms with E-state index in [1.807, 2.05) is 24.3 Å². The normalized spacial score (nSPS) is 10.0. The zero-order chi connectivity index (χ0) is 15.2. The lowest BCUT2D eigenvalue weighted by Crippen LogP contribution is -2.08. The Morgan fingerprint density at radius 1 is 1.19 bits per heavy atom. The third-order valence-corrected chi connectivity index (χ3v) is 3.00. The second-order valence-corrected chi connectivity index (χ2v) is 4.39. The molecule has 2 rings (SSSR count). The molecule has 0 aromatic heterocycles. The standard InChI is InChI=1S/C16H16FNO3/c1-20-13-5-3-4-11(8-13)10-18-15-9-12(17)6-7-14(15)16(19)21-2/h3-9,18H,10H2,1-2H3. The molecule has 4 nitrogen and oxygen atoms in total. The van der Waals surface area contributed by atoms with Crippen molar-refractivity contribution in [1.29, 1.82) is 0 Å². The van der Waals surface area contributed by atoms with Crippen LogP contribution in [0, 0.1) is 5.82 Å². The van der Waals surface area contributed by atoms with Crippen LogP contribution in [0.3, 0.4) is 0 Å². The number of nitrogens with one attached hydrogen (secondary N) is 1. The summed E-state index contributed by atoms with van der Waals surface area (Å²) in [6.45, 7) is 0.435. The summed E-state index contributed by atoms with van der Waals surface area (Å²) in [5.74, 6) is -0.194. The van der Waals surface area contributed by atoms with Gasteiger partial charge in [-0.3, -0.25) is 0 Å². The van der Waals surface area contributed by atoms with E-state index in [0.717, 1.165) is 11.3 Å². The van der Waals surface area contributed by atoms with E-state index in [1.54, 1.807) is 7.11 Å². The Labute approximate surface area is 122 Å². The summed E-state index contributed by atoms with van der Waals surface area (Å²) < 4.78 is 23.2. The van der Waals surface area contributed by atoms with Crippen LogP contribution in [-0.2, 0) is 11.3 Å². The molecular weight excluding hydrogens is 273 g/mol. The highest BCUT2D eigenvalue weighted by atomic mass is 19.1. The molecule has 2 aromatic carbocycles. The summed E-state index contributed by atoms with van der Waals surface area (Å²) in [7, 11) is 2.88. The highest BCUT2D eigenvalue weighted by Gasteiger charge is 2.12. The lowest BCUT2D eigenvalue weighted by atomic mass is 10.1. The highest BCUT2D eigenvalue weighted by molar-refractivity contribution is 5.95. The first-order valence-electron chi connectivity index (χ1n) is 6.38. The van der Waals surface area contributed by atoms with E-state index in [1.165, 1.54) is 25.3 Å². The number of carbonyl (C=O) groups is 1. The summed E-state index contributed by atoms with van der Waals surface area (Å²) in [4.78, 5) is 11.7. The Bertz CT molecular complexity index is 643. The number of hydrogen-bond acceptors (Lipinski definition) is 4. The second-order valence-electron chi connectivity index (χ2n) is 4.39. The molecule has 0 aliphatic carbocycles. The number of hydrogen-bond donors (Lipinski definition) is 1. The first kappa shape index (κ1) is 14.8. The van der Waals surface area contributed by atoms with Crippen molar-refractivity contribution in [2.24, 2.45) is 0 Å². The second kappa shape index (κ2) is 6.74. The molecule has 0 bridgehead atoms. The minimum absolute atomic E-state index is 0.293. The predicted octanol–water partition coefficient (Wildman–Crippen LogP) is 3.23. The van der Waals surface area contributed by atoms with E-state index < -0.39 is 11.8 Å². The fraction of sp³-hybridized carbons (Fsp3) is 0.188. The van der Waals surface area contributed by atoms with Gasteiger partial charge in [0.05, 0.1) is 25.5 Å². The van der Waals surface area contributed by atoms with Gasteiger partial charge < -0.3 is 14.8 Å². The first-order chi connectivity index (χ1) is 10.1. The number of ether oxygens (including phenoxy) is 2. The molecule has 5 heteroatoms. The van der Waals surface area contributed by atoms with Crippen LogP contribution in [-0.4, -0.2) is 20.2 Å². The van der Waals surface area contributed by atoms with Gasteiger partial charge in [0.1, 0.15) is 11.6 Å². The minimum Gasteiger partial charge on any atom is -0.497 e. The van der Waals surface area contributed by atoms with Gasteiger partial charge in [-0.05, 0) is 35.9 Å². The molecule has 0 spiro atoms. The summed E-state index contributed by atoms with van der Waals surface area (Å²) in [5.41, 5.74) is 1.64.